The van der Waals surface area contributed by atoms with Gasteiger partial charge in [-0.2, -0.15) is 0 Å². The first-order valence-corrected chi connectivity index (χ1v) is 10.6. The van der Waals surface area contributed by atoms with E-state index in [1.807, 2.05) is 60.7 Å². The average molecular weight is 411 g/mol. The van der Waals surface area contributed by atoms with Gasteiger partial charge in [0, 0.05) is 35.4 Å². The van der Waals surface area contributed by atoms with Gasteiger partial charge in [-0.1, -0.05) is 30.3 Å². The Morgan fingerprint density at radius 2 is 1.68 bits per heavy atom. The SMILES string of the molecule is O=C1CCCC2=C1C(c1cccc(Oc3ccccc3)c1)c1cc3c(cc1N2)OCO3. The first-order chi connectivity index (χ1) is 15.3. The van der Waals surface area contributed by atoms with Crippen molar-refractivity contribution >= 4 is 11.5 Å². The first-order valence-electron chi connectivity index (χ1n) is 10.6. The zero-order valence-corrected chi connectivity index (χ0v) is 16.9. The third kappa shape index (κ3) is 3.13. The highest BCUT2D eigenvalue weighted by molar-refractivity contribution is 6.01. The molecule has 1 aliphatic carbocycles. The Balaban J connectivity index is 1.47. The number of nitrogens with one attached hydrogen (secondary N) is 1. The fraction of sp³-hybridized carbons (Fsp3) is 0.192. The highest BCUT2D eigenvalue weighted by Gasteiger charge is 2.36. The molecule has 6 rings (SSSR count). The molecule has 3 aromatic carbocycles. The van der Waals surface area contributed by atoms with Gasteiger partial charge in [-0.15, -0.1) is 0 Å². The highest BCUT2D eigenvalue weighted by Crippen LogP contribution is 2.49. The lowest BCUT2D eigenvalue weighted by atomic mass is 9.75. The molecule has 3 aromatic rings. The first kappa shape index (κ1) is 18.1. The summed E-state index contributed by atoms with van der Waals surface area (Å²) in [5.74, 6) is 3.01. The summed E-state index contributed by atoms with van der Waals surface area (Å²) in [7, 11) is 0. The second-order valence-corrected chi connectivity index (χ2v) is 8.01. The number of anilines is 1. The van der Waals surface area contributed by atoms with Crippen LogP contribution in [0.25, 0.3) is 0 Å². The standard InChI is InChI=1S/C26H21NO4/c28-22-11-5-10-20-26(22)25(19-13-23-24(30-15-29-23)14-21(19)27-20)16-6-4-9-18(12-16)31-17-7-2-1-3-8-17/h1-4,6-9,12-14,25,27H,5,10-11,15H2. The molecule has 5 nitrogen and oxygen atoms in total. The molecule has 0 radical (unpaired) electrons. The number of para-hydroxylation sites is 1. The van der Waals surface area contributed by atoms with Crippen molar-refractivity contribution in [3.63, 3.8) is 0 Å². The third-order valence-electron chi connectivity index (χ3n) is 6.06. The van der Waals surface area contributed by atoms with Crippen LogP contribution in [-0.4, -0.2) is 12.6 Å². The number of rotatable bonds is 3. The molecule has 0 saturated carbocycles. The molecule has 0 aromatic heterocycles. The number of carbonyl (C=O) groups excluding carboxylic acids is 1. The molecule has 0 spiro atoms. The molecule has 0 amide bonds. The molecule has 0 saturated heterocycles. The van der Waals surface area contributed by atoms with E-state index in [-0.39, 0.29) is 18.5 Å². The summed E-state index contributed by atoms with van der Waals surface area (Å²) in [6.45, 7) is 0.218. The molecule has 31 heavy (non-hydrogen) atoms. The van der Waals surface area contributed by atoms with Crippen molar-refractivity contribution in [3.8, 4) is 23.0 Å². The Bertz CT molecular complexity index is 1220. The van der Waals surface area contributed by atoms with Crippen molar-refractivity contribution in [2.24, 2.45) is 0 Å². The third-order valence-corrected chi connectivity index (χ3v) is 6.06. The van der Waals surface area contributed by atoms with E-state index in [0.29, 0.717) is 6.42 Å². The smallest absolute Gasteiger partial charge is 0.231 e. The number of Topliss-reactive ketones (excluding diaryl/α,β-unsaturated/α-hetero) is 1. The van der Waals surface area contributed by atoms with Gasteiger partial charge >= 0.3 is 0 Å². The van der Waals surface area contributed by atoms with E-state index < -0.39 is 0 Å². The lowest BCUT2D eigenvalue weighted by Crippen LogP contribution is -2.26. The number of hydrogen-bond acceptors (Lipinski definition) is 5. The number of carbonyl (C=O) groups is 1. The van der Waals surface area contributed by atoms with Crippen molar-refractivity contribution in [1.29, 1.82) is 0 Å². The fourth-order valence-electron chi connectivity index (χ4n) is 4.68. The maximum Gasteiger partial charge on any atom is 0.231 e. The van der Waals surface area contributed by atoms with E-state index in [0.717, 1.165) is 63.9 Å². The molecular formula is C26H21NO4. The number of ether oxygens (including phenoxy) is 3. The van der Waals surface area contributed by atoms with Gasteiger partial charge in [0.05, 0.1) is 0 Å². The topological polar surface area (TPSA) is 56.8 Å². The van der Waals surface area contributed by atoms with Gasteiger partial charge < -0.3 is 19.5 Å². The van der Waals surface area contributed by atoms with Crippen molar-refractivity contribution in [2.75, 3.05) is 12.1 Å². The van der Waals surface area contributed by atoms with Gasteiger partial charge in [-0.25, -0.2) is 0 Å². The van der Waals surface area contributed by atoms with Crippen LogP contribution in [0.3, 0.4) is 0 Å². The van der Waals surface area contributed by atoms with E-state index in [2.05, 4.69) is 11.4 Å². The summed E-state index contributed by atoms with van der Waals surface area (Å²) in [5.41, 5.74) is 4.89. The maximum absolute atomic E-state index is 13.0. The highest BCUT2D eigenvalue weighted by atomic mass is 16.7. The second-order valence-electron chi connectivity index (χ2n) is 8.01. The van der Waals surface area contributed by atoms with Crippen LogP contribution in [-0.2, 0) is 4.79 Å². The lowest BCUT2D eigenvalue weighted by Gasteiger charge is -2.34. The van der Waals surface area contributed by atoms with Gasteiger partial charge in [-0.05, 0) is 54.3 Å². The Morgan fingerprint density at radius 3 is 2.55 bits per heavy atom. The summed E-state index contributed by atoms with van der Waals surface area (Å²) >= 11 is 0. The van der Waals surface area contributed by atoms with E-state index >= 15 is 0 Å². The predicted molar refractivity (Wildman–Crippen MR) is 117 cm³/mol. The Morgan fingerprint density at radius 1 is 0.871 bits per heavy atom. The minimum absolute atomic E-state index is 0.173. The molecular weight excluding hydrogens is 390 g/mol. The second kappa shape index (κ2) is 7.20. The minimum atomic E-state index is -0.173. The van der Waals surface area contributed by atoms with E-state index in [4.69, 9.17) is 14.2 Å². The van der Waals surface area contributed by atoms with Crippen LogP contribution in [0.1, 0.15) is 36.3 Å². The maximum atomic E-state index is 13.0. The fourth-order valence-corrected chi connectivity index (χ4v) is 4.68. The Kier molecular flexibility index (Phi) is 4.20. The molecule has 0 bridgehead atoms. The Hall–Kier alpha value is -3.73. The van der Waals surface area contributed by atoms with Crippen LogP contribution in [0.15, 0.2) is 78.0 Å². The average Bonchev–Trinajstić information content (AvgIpc) is 3.24. The Labute approximate surface area is 180 Å². The summed E-state index contributed by atoms with van der Waals surface area (Å²) in [4.78, 5) is 13.0. The van der Waals surface area contributed by atoms with Gasteiger partial charge in [-0.3, -0.25) is 4.79 Å². The van der Waals surface area contributed by atoms with Crippen molar-refractivity contribution in [3.05, 3.63) is 89.1 Å². The molecule has 3 aliphatic rings. The molecule has 2 aliphatic heterocycles. The zero-order chi connectivity index (χ0) is 20.8. The number of fused-ring (bicyclic) bond motifs is 2. The monoisotopic (exact) mass is 411 g/mol. The number of benzene rings is 3. The largest absolute Gasteiger partial charge is 0.457 e. The number of hydrogen-bond donors (Lipinski definition) is 1. The lowest BCUT2D eigenvalue weighted by molar-refractivity contribution is -0.116. The molecule has 154 valence electrons. The molecule has 5 heteroatoms. The molecule has 1 unspecified atom stereocenters. The van der Waals surface area contributed by atoms with Crippen LogP contribution in [0.5, 0.6) is 23.0 Å². The normalized spacial score (nSPS) is 18.8. The summed E-state index contributed by atoms with van der Waals surface area (Å²) in [6.07, 6.45) is 2.32. The number of ketones is 1. The summed E-state index contributed by atoms with van der Waals surface area (Å²) in [6, 6.07) is 21.7. The van der Waals surface area contributed by atoms with Crippen molar-refractivity contribution in [1.82, 2.24) is 0 Å². The number of allylic oxidation sites excluding steroid dienone is 2. The van der Waals surface area contributed by atoms with Crippen molar-refractivity contribution in [2.45, 2.75) is 25.2 Å². The van der Waals surface area contributed by atoms with Crippen molar-refractivity contribution < 1.29 is 19.0 Å². The predicted octanol–water partition coefficient (Wildman–Crippen LogP) is 5.77. The molecule has 0 fully saturated rings. The van der Waals surface area contributed by atoms with Gasteiger partial charge in [0.15, 0.2) is 17.3 Å². The van der Waals surface area contributed by atoms with E-state index in [1.54, 1.807) is 0 Å². The van der Waals surface area contributed by atoms with Gasteiger partial charge in [0.1, 0.15) is 11.5 Å². The summed E-state index contributed by atoms with van der Waals surface area (Å²) in [5, 5.41) is 3.51. The zero-order valence-electron chi connectivity index (χ0n) is 16.9. The van der Waals surface area contributed by atoms with Crippen LogP contribution < -0.4 is 19.5 Å². The minimum Gasteiger partial charge on any atom is -0.457 e. The molecule has 1 atom stereocenters. The van der Waals surface area contributed by atoms with Crippen LogP contribution in [0.2, 0.25) is 0 Å². The van der Waals surface area contributed by atoms with Gasteiger partial charge in [0.2, 0.25) is 6.79 Å². The van der Waals surface area contributed by atoms with Crippen LogP contribution >= 0.6 is 0 Å². The molecule has 2 heterocycles. The summed E-state index contributed by atoms with van der Waals surface area (Å²) < 4.78 is 17.3. The van der Waals surface area contributed by atoms with E-state index in [1.165, 1.54) is 0 Å². The molecule has 1 N–H and O–H groups in total. The van der Waals surface area contributed by atoms with Gasteiger partial charge in [0.25, 0.3) is 0 Å². The quantitative estimate of drug-likeness (QED) is 0.593. The van der Waals surface area contributed by atoms with Crippen LogP contribution in [0.4, 0.5) is 5.69 Å². The van der Waals surface area contributed by atoms with E-state index in [9.17, 15) is 4.79 Å². The van der Waals surface area contributed by atoms with Crippen LogP contribution in [0, 0.1) is 0 Å².